The Hall–Kier alpha value is -3.13. The van der Waals surface area contributed by atoms with Crippen LogP contribution in [0.1, 0.15) is 50.1 Å². The molecule has 2 aromatic carbocycles. The Morgan fingerprint density at radius 1 is 1.06 bits per heavy atom. The zero-order valence-corrected chi connectivity index (χ0v) is 20.1. The smallest absolute Gasteiger partial charge is 0.407 e. The van der Waals surface area contributed by atoms with Gasteiger partial charge in [-0.2, -0.15) is 0 Å². The molecular weight excluding hydrogens is 473 g/mol. The highest BCUT2D eigenvalue weighted by Gasteiger charge is 2.40. The highest BCUT2D eigenvalue weighted by Crippen LogP contribution is 2.35. The van der Waals surface area contributed by atoms with Crippen LogP contribution in [0.15, 0.2) is 48.5 Å². The molecule has 2 aromatic rings. The van der Waals surface area contributed by atoms with Crippen molar-refractivity contribution in [3.8, 4) is 0 Å². The van der Waals surface area contributed by atoms with Crippen LogP contribution in [0, 0.1) is 11.7 Å². The molecule has 1 heterocycles. The molecule has 2 unspecified atom stereocenters. The predicted molar refractivity (Wildman–Crippen MR) is 131 cm³/mol. The molecule has 0 radical (unpaired) electrons. The van der Waals surface area contributed by atoms with E-state index in [-0.39, 0.29) is 24.8 Å². The van der Waals surface area contributed by atoms with Crippen LogP contribution in [0.4, 0.5) is 14.9 Å². The minimum absolute atomic E-state index is 0.0134. The van der Waals surface area contributed by atoms with E-state index >= 15 is 0 Å². The third-order valence-electron chi connectivity index (χ3n) is 6.79. The summed E-state index contributed by atoms with van der Waals surface area (Å²) in [6, 6.07) is 11.2. The number of hydrogen-bond acceptors (Lipinski definition) is 3. The van der Waals surface area contributed by atoms with E-state index in [0.29, 0.717) is 17.0 Å². The van der Waals surface area contributed by atoms with Gasteiger partial charge in [0.2, 0.25) is 11.8 Å². The first-order valence-electron chi connectivity index (χ1n) is 12.0. The first kappa shape index (κ1) is 25.0. The number of halogens is 2. The standard InChI is InChI=1S/C26H29ClFN3O4/c27-22-12-5-4-11-21(22)23(24(32)29-19-8-2-1-3-9-19)31(20-10-6-7-18(28)15-20)25(33)17-13-14-30(16-17)26(34)35/h4-7,10-12,15,17,19,23H,1-3,8-9,13-14,16H2,(H,29,32)(H,34,35). The Bertz CT molecular complexity index is 1090. The lowest BCUT2D eigenvalue weighted by Crippen LogP contribution is -2.49. The molecule has 4 rings (SSSR count). The number of nitrogens with zero attached hydrogens (tertiary/aromatic N) is 2. The van der Waals surface area contributed by atoms with Crippen molar-refractivity contribution in [2.24, 2.45) is 5.92 Å². The molecule has 1 aliphatic carbocycles. The molecule has 186 valence electrons. The third-order valence-corrected chi connectivity index (χ3v) is 7.13. The monoisotopic (exact) mass is 501 g/mol. The van der Waals surface area contributed by atoms with Crippen molar-refractivity contribution in [3.05, 3.63) is 64.9 Å². The number of hydrogen-bond donors (Lipinski definition) is 2. The Morgan fingerprint density at radius 3 is 2.46 bits per heavy atom. The van der Waals surface area contributed by atoms with Crippen LogP contribution in [0.3, 0.4) is 0 Å². The van der Waals surface area contributed by atoms with Crippen LogP contribution in [-0.2, 0) is 9.59 Å². The topological polar surface area (TPSA) is 90.0 Å². The second kappa shape index (κ2) is 11.1. The van der Waals surface area contributed by atoms with Crippen molar-refractivity contribution < 1.29 is 23.9 Å². The van der Waals surface area contributed by atoms with Crippen molar-refractivity contribution in [3.63, 3.8) is 0 Å². The first-order valence-corrected chi connectivity index (χ1v) is 12.3. The maximum absolute atomic E-state index is 14.3. The van der Waals surface area contributed by atoms with Crippen molar-refractivity contribution in [1.29, 1.82) is 0 Å². The summed E-state index contributed by atoms with van der Waals surface area (Å²) in [7, 11) is 0. The van der Waals surface area contributed by atoms with Crippen LogP contribution in [-0.4, -0.2) is 47.0 Å². The summed E-state index contributed by atoms with van der Waals surface area (Å²) in [5.41, 5.74) is 0.640. The van der Waals surface area contributed by atoms with E-state index in [0.717, 1.165) is 32.1 Å². The predicted octanol–water partition coefficient (Wildman–Crippen LogP) is 5.00. The highest BCUT2D eigenvalue weighted by molar-refractivity contribution is 6.31. The van der Waals surface area contributed by atoms with Crippen LogP contribution < -0.4 is 10.2 Å². The van der Waals surface area contributed by atoms with Crippen molar-refractivity contribution >= 4 is 35.2 Å². The third kappa shape index (κ3) is 5.75. The zero-order valence-electron chi connectivity index (χ0n) is 19.3. The number of nitrogens with one attached hydrogen (secondary N) is 1. The maximum Gasteiger partial charge on any atom is 0.407 e. The van der Waals surface area contributed by atoms with Gasteiger partial charge in [0.15, 0.2) is 0 Å². The lowest BCUT2D eigenvalue weighted by molar-refractivity contribution is -0.128. The van der Waals surface area contributed by atoms with Gasteiger partial charge in [-0.3, -0.25) is 14.5 Å². The van der Waals surface area contributed by atoms with Crippen LogP contribution in [0.2, 0.25) is 5.02 Å². The number of carboxylic acid groups (broad SMARTS) is 1. The van der Waals surface area contributed by atoms with Gasteiger partial charge in [-0.15, -0.1) is 0 Å². The van der Waals surface area contributed by atoms with Crippen molar-refractivity contribution in [2.75, 3.05) is 18.0 Å². The zero-order chi connectivity index (χ0) is 24.9. The quantitative estimate of drug-likeness (QED) is 0.582. The number of likely N-dealkylation sites (tertiary alicyclic amines) is 1. The van der Waals surface area contributed by atoms with E-state index in [4.69, 9.17) is 11.6 Å². The van der Waals surface area contributed by atoms with E-state index in [9.17, 15) is 23.9 Å². The number of anilines is 1. The van der Waals surface area contributed by atoms with Gasteiger partial charge < -0.3 is 15.3 Å². The van der Waals surface area contributed by atoms with Gasteiger partial charge in [0.25, 0.3) is 0 Å². The molecule has 3 amide bonds. The number of rotatable bonds is 6. The van der Waals surface area contributed by atoms with Gasteiger partial charge in [-0.05, 0) is 43.5 Å². The van der Waals surface area contributed by atoms with Crippen molar-refractivity contribution in [2.45, 2.75) is 50.6 Å². The van der Waals surface area contributed by atoms with E-state index in [1.54, 1.807) is 30.3 Å². The minimum atomic E-state index is -1.14. The Balaban J connectivity index is 1.76. The highest BCUT2D eigenvalue weighted by atomic mass is 35.5. The summed E-state index contributed by atoms with van der Waals surface area (Å²) in [6.07, 6.45) is 4.07. The molecule has 35 heavy (non-hydrogen) atoms. The van der Waals surface area contributed by atoms with Gasteiger partial charge in [0, 0.05) is 35.4 Å². The van der Waals surface area contributed by atoms with Gasteiger partial charge in [-0.25, -0.2) is 9.18 Å². The SMILES string of the molecule is O=C(NC1CCCCC1)C(c1ccccc1Cl)N(C(=O)C1CCN(C(=O)O)C1)c1cccc(F)c1. The molecule has 2 fully saturated rings. The number of amides is 3. The fraction of sp³-hybridized carbons (Fsp3) is 0.423. The summed E-state index contributed by atoms with van der Waals surface area (Å²) in [6.45, 7) is 0.229. The van der Waals surface area contributed by atoms with Crippen LogP contribution in [0.25, 0.3) is 0 Å². The summed E-state index contributed by atoms with van der Waals surface area (Å²) in [5, 5.41) is 12.8. The maximum atomic E-state index is 14.3. The van der Waals surface area contributed by atoms with Gasteiger partial charge in [0.1, 0.15) is 11.9 Å². The molecule has 1 saturated carbocycles. The molecule has 0 aromatic heterocycles. The van der Waals surface area contributed by atoms with E-state index in [1.807, 2.05) is 0 Å². The van der Waals surface area contributed by atoms with E-state index < -0.39 is 35.7 Å². The molecule has 9 heteroatoms. The number of carbonyl (C=O) groups excluding carboxylic acids is 2. The van der Waals surface area contributed by atoms with Gasteiger partial charge >= 0.3 is 6.09 Å². The molecule has 1 aliphatic heterocycles. The molecule has 2 N–H and O–H groups in total. The normalized spacial score (nSPS) is 19.3. The minimum Gasteiger partial charge on any atom is -0.465 e. The second-order valence-corrected chi connectivity index (χ2v) is 9.58. The molecule has 7 nitrogen and oxygen atoms in total. The molecule has 0 spiro atoms. The fourth-order valence-electron chi connectivity index (χ4n) is 4.98. The van der Waals surface area contributed by atoms with Crippen LogP contribution >= 0.6 is 11.6 Å². The van der Waals surface area contributed by atoms with Gasteiger partial charge in [0.05, 0.1) is 5.92 Å². The average molecular weight is 502 g/mol. The van der Waals surface area contributed by atoms with Crippen LogP contribution in [0.5, 0.6) is 0 Å². The summed E-state index contributed by atoms with van der Waals surface area (Å²) in [5.74, 6) is -2.05. The van der Waals surface area contributed by atoms with Crippen molar-refractivity contribution in [1.82, 2.24) is 10.2 Å². The molecule has 0 bridgehead atoms. The van der Waals surface area contributed by atoms with Gasteiger partial charge in [-0.1, -0.05) is 55.1 Å². The fourth-order valence-corrected chi connectivity index (χ4v) is 5.22. The lowest BCUT2D eigenvalue weighted by Gasteiger charge is -2.35. The Kier molecular flexibility index (Phi) is 7.90. The molecular formula is C26H29ClFN3O4. The van der Waals surface area contributed by atoms with E-state index in [2.05, 4.69) is 5.32 Å². The Labute approximate surface area is 208 Å². The summed E-state index contributed by atoms with van der Waals surface area (Å²) in [4.78, 5) is 41.6. The average Bonchev–Trinajstić information content (AvgIpc) is 3.34. The summed E-state index contributed by atoms with van der Waals surface area (Å²) < 4.78 is 14.3. The largest absolute Gasteiger partial charge is 0.465 e. The lowest BCUT2D eigenvalue weighted by atomic mass is 9.94. The summed E-state index contributed by atoms with van der Waals surface area (Å²) >= 11 is 6.52. The Morgan fingerprint density at radius 2 is 1.80 bits per heavy atom. The number of benzene rings is 2. The molecule has 2 aliphatic rings. The number of carbonyl (C=O) groups is 3. The molecule has 2 atom stereocenters. The molecule has 1 saturated heterocycles. The van der Waals surface area contributed by atoms with E-state index in [1.165, 1.54) is 28.0 Å². The second-order valence-electron chi connectivity index (χ2n) is 9.17. The first-order chi connectivity index (χ1) is 16.8.